The van der Waals surface area contributed by atoms with E-state index in [-0.39, 0.29) is 0 Å². The Bertz CT molecular complexity index is 311. The van der Waals surface area contributed by atoms with E-state index < -0.39 is 6.09 Å². The molecule has 1 aromatic rings. The van der Waals surface area contributed by atoms with Gasteiger partial charge in [-0.15, -0.1) is 0 Å². The van der Waals surface area contributed by atoms with Crippen molar-refractivity contribution >= 4 is 11.8 Å². The van der Waals surface area contributed by atoms with Gasteiger partial charge in [-0.25, -0.2) is 4.79 Å². The molecule has 0 heterocycles. The predicted octanol–water partition coefficient (Wildman–Crippen LogP) is 1.00. The molecule has 0 aliphatic heterocycles. The Morgan fingerprint density at radius 3 is 2.67 bits per heavy atom. The summed E-state index contributed by atoms with van der Waals surface area (Å²) in [4.78, 5) is 10.7. The van der Waals surface area contributed by atoms with Gasteiger partial charge in [0, 0.05) is 5.69 Å². The Hall–Kier alpha value is -1.91. The van der Waals surface area contributed by atoms with Crippen molar-refractivity contribution in [3.05, 3.63) is 24.3 Å². The number of anilines is 1. The van der Waals surface area contributed by atoms with Crippen molar-refractivity contribution in [3.63, 3.8) is 0 Å². The van der Waals surface area contributed by atoms with Crippen LogP contribution in [-0.2, 0) is 4.74 Å². The largest absolute Gasteiger partial charge is 0.492 e. The molecule has 1 rings (SSSR count). The molecule has 0 aliphatic rings. The van der Waals surface area contributed by atoms with Gasteiger partial charge in [-0.2, -0.15) is 0 Å². The van der Waals surface area contributed by atoms with Gasteiger partial charge < -0.3 is 20.5 Å². The molecule has 1 amide bonds. The van der Waals surface area contributed by atoms with Gasteiger partial charge in [-0.3, -0.25) is 0 Å². The Morgan fingerprint density at radius 2 is 2.07 bits per heavy atom. The molecule has 3 N–H and O–H groups in total. The van der Waals surface area contributed by atoms with Gasteiger partial charge in [0.25, 0.3) is 0 Å². The van der Waals surface area contributed by atoms with Gasteiger partial charge in [-0.05, 0) is 24.3 Å². The summed E-state index contributed by atoms with van der Waals surface area (Å²) < 4.78 is 9.73. The molecule has 15 heavy (non-hydrogen) atoms. The van der Waals surface area contributed by atoms with Gasteiger partial charge in [-0.1, -0.05) is 0 Å². The molecule has 0 aliphatic carbocycles. The van der Waals surface area contributed by atoms with Crippen molar-refractivity contribution in [1.29, 1.82) is 0 Å². The number of rotatable bonds is 4. The number of hydrogen-bond donors (Lipinski definition) is 2. The van der Waals surface area contributed by atoms with Crippen molar-refractivity contribution in [3.8, 4) is 5.75 Å². The van der Waals surface area contributed by atoms with Crippen molar-refractivity contribution < 1.29 is 14.3 Å². The van der Waals surface area contributed by atoms with Crippen LogP contribution >= 0.6 is 0 Å². The first kappa shape index (κ1) is 11.2. The average molecular weight is 210 g/mol. The first-order valence-electron chi connectivity index (χ1n) is 4.52. The molecule has 0 aromatic heterocycles. The second-order valence-electron chi connectivity index (χ2n) is 2.84. The lowest BCUT2D eigenvalue weighted by molar-refractivity contribution is 0.168. The van der Waals surface area contributed by atoms with E-state index >= 15 is 0 Å². The zero-order valence-electron chi connectivity index (χ0n) is 8.53. The number of hydrogen-bond acceptors (Lipinski definition) is 4. The van der Waals surface area contributed by atoms with Crippen LogP contribution in [0, 0.1) is 0 Å². The van der Waals surface area contributed by atoms with Gasteiger partial charge in [0.2, 0.25) is 0 Å². The summed E-state index contributed by atoms with van der Waals surface area (Å²) >= 11 is 0. The molecule has 0 bridgehead atoms. The number of methoxy groups -OCH3 is 1. The number of ether oxygens (including phenoxy) is 2. The predicted molar refractivity (Wildman–Crippen MR) is 56.8 cm³/mol. The number of carbonyl (C=O) groups excluding carboxylic acids is 1. The normalized spacial score (nSPS) is 9.40. The number of nitrogens with one attached hydrogen (secondary N) is 1. The molecule has 82 valence electrons. The smallest absolute Gasteiger partial charge is 0.406 e. The zero-order valence-corrected chi connectivity index (χ0v) is 8.53. The zero-order chi connectivity index (χ0) is 11.1. The quantitative estimate of drug-likeness (QED) is 0.574. The summed E-state index contributed by atoms with van der Waals surface area (Å²) in [5.74, 6) is 0.718. The number of amides is 1. The lowest BCUT2D eigenvalue weighted by Gasteiger charge is -2.06. The van der Waals surface area contributed by atoms with Crippen molar-refractivity contribution in [1.82, 2.24) is 5.32 Å². The molecule has 0 saturated heterocycles. The van der Waals surface area contributed by atoms with Crippen LogP contribution in [0.15, 0.2) is 24.3 Å². The lowest BCUT2D eigenvalue weighted by atomic mass is 10.3. The van der Waals surface area contributed by atoms with E-state index in [1.165, 1.54) is 7.11 Å². The fourth-order valence-electron chi connectivity index (χ4n) is 0.958. The fraction of sp³-hybridized carbons (Fsp3) is 0.300. The minimum Gasteiger partial charge on any atom is -0.492 e. The summed E-state index contributed by atoms with van der Waals surface area (Å²) in [6.45, 7) is 0.788. The average Bonchev–Trinajstić information content (AvgIpc) is 2.26. The van der Waals surface area contributed by atoms with Gasteiger partial charge in [0.05, 0.1) is 13.7 Å². The summed E-state index contributed by atoms with van der Waals surface area (Å²) in [6, 6.07) is 7.05. The Labute approximate surface area is 88.2 Å². The third-order valence-electron chi connectivity index (χ3n) is 1.71. The van der Waals surface area contributed by atoms with E-state index in [2.05, 4.69) is 10.1 Å². The summed E-state index contributed by atoms with van der Waals surface area (Å²) in [5.41, 5.74) is 6.20. The highest BCUT2D eigenvalue weighted by molar-refractivity contribution is 5.66. The fourth-order valence-corrected chi connectivity index (χ4v) is 0.958. The molecule has 1 aromatic carbocycles. The van der Waals surface area contributed by atoms with Crippen LogP contribution in [0.3, 0.4) is 0 Å². The number of alkyl carbamates (subject to hydrolysis) is 1. The highest BCUT2D eigenvalue weighted by Gasteiger charge is 1.97. The van der Waals surface area contributed by atoms with E-state index in [1.807, 2.05) is 0 Å². The maximum absolute atomic E-state index is 10.7. The Kier molecular flexibility index (Phi) is 4.28. The van der Waals surface area contributed by atoms with E-state index in [0.29, 0.717) is 18.8 Å². The molecule has 0 atom stereocenters. The Morgan fingerprint density at radius 1 is 1.40 bits per heavy atom. The SMILES string of the molecule is COC(=O)NCCOc1ccc(N)cc1. The van der Waals surface area contributed by atoms with Crippen LogP contribution in [0.4, 0.5) is 10.5 Å². The van der Waals surface area contributed by atoms with Gasteiger partial charge in [0.1, 0.15) is 12.4 Å². The minimum atomic E-state index is -0.462. The van der Waals surface area contributed by atoms with E-state index in [0.717, 1.165) is 5.75 Å². The second-order valence-corrected chi connectivity index (χ2v) is 2.84. The Balaban J connectivity index is 2.20. The molecular weight excluding hydrogens is 196 g/mol. The van der Waals surface area contributed by atoms with E-state index in [9.17, 15) is 4.79 Å². The highest BCUT2D eigenvalue weighted by atomic mass is 16.5. The maximum atomic E-state index is 10.7. The molecule has 0 spiro atoms. The van der Waals surface area contributed by atoms with Crippen LogP contribution in [0.1, 0.15) is 0 Å². The van der Waals surface area contributed by atoms with Crippen LogP contribution in [0.25, 0.3) is 0 Å². The first-order chi connectivity index (χ1) is 7.22. The maximum Gasteiger partial charge on any atom is 0.406 e. The standard InChI is InChI=1S/C10H14N2O3/c1-14-10(13)12-6-7-15-9-4-2-8(11)3-5-9/h2-5H,6-7,11H2,1H3,(H,12,13). The molecule has 0 radical (unpaired) electrons. The summed E-state index contributed by atoms with van der Waals surface area (Å²) in [5, 5.41) is 2.50. The third kappa shape index (κ3) is 4.21. The van der Waals surface area contributed by atoms with Gasteiger partial charge in [0.15, 0.2) is 0 Å². The van der Waals surface area contributed by atoms with Crippen molar-refractivity contribution in [2.45, 2.75) is 0 Å². The molecule has 0 fully saturated rings. The third-order valence-corrected chi connectivity index (χ3v) is 1.71. The van der Waals surface area contributed by atoms with Crippen LogP contribution in [-0.4, -0.2) is 26.4 Å². The summed E-state index contributed by atoms with van der Waals surface area (Å²) in [7, 11) is 1.32. The molecule has 0 unspecified atom stereocenters. The number of nitrogen functional groups attached to an aromatic ring is 1. The first-order valence-corrected chi connectivity index (χ1v) is 4.52. The summed E-state index contributed by atoms with van der Waals surface area (Å²) in [6.07, 6.45) is -0.462. The highest BCUT2D eigenvalue weighted by Crippen LogP contribution is 2.12. The minimum absolute atomic E-state index is 0.388. The van der Waals surface area contributed by atoms with Crippen LogP contribution in [0.2, 0.25) is 0 Å². The van der Waals surface area contributed by atoms with E-state index in [1.54, 1.807) is 24.3 Å². The van der Waals surface area contributed by atoms with Crippen LogP contribution in [0.5, 0.6) is 5.75 Å². The van der Waals surface area contributed by atoms with Gasteiger partial charge >= 0.3 is 6.09 Å². The van der Waals surface area contributed by atoms with Crippen molar-refractivity contribution in [2.24, 2.45) is 0 Å². The molecule has 5 nitrogen and oxygen atoms in total. The second kappa shape index (κ2) is 5.74. The number of benzene rings is 1. The van der Waals surface area contributed by atoms with Crippen molar-refractivity contribution in [2.75, 3.05) is 26.0 Å². The molecule has 5 heteroatoms. The number of carbonyl (C=O) groups is 1. The number of nitrogens with two attached hydrogens (primary N) is 1. The van der Waals surface area contributed by atoms with Crippen LogP contribution < -0.4 is 15.8 Å². The van der Waals surface area contributed by atoms with E-state index in [4.69, 9.17) is 10.5 Å². The lowest BCUT2D eigenvalue weighted by Crippen LogP contribution is -2.27. The monoisotopic (exact) mass is 210 g/mol. The molecular formula is C10H14N2O3. The molecule has 0 saturated carbocycles. The topological polar surface area (TPSA) is 73.6 Å².